The Bertz CT molecular complexity index is 547. The van der Waals surface area contributed by atoms with Crippen molar-refractivity contribution in [2.45, 2.75) is 19.8 Å². The van der Waals surface area contributed by atoms with E-state index < -0.39 is 0 Å². The Labute approximate surface area is 106 Å². The average Bonchev–Trinajstić information content (AvgIpc) is 2.40. The van der Waals surface area contributed by atoms with Gasteiger partial charge in [-0.15, -0.1) is 0 Å². The van der Waals surface area contributed by atoms with Crippen LogP contribution in [-0.4, -0.2) is 4.92 Å². The van der Waals surface area contributed by atoms with Gasteiger partial charge in [-0.05, 0) is 35.2 Å². The molecule has 0 spiro atoms. The van der Waals surface area contributed by atoms with Gasteiger partial charge in [-0.1, -0.05) is 37.6 Å². The monoisotopic (exact) mass is 240 g/mol. The fraction of sp³-hybridized carbons (Fsp3) is 0.200. The second-order valence-corrected chi connectivity index (χ2v) is 4.16. The van der Waals surface area contributed by atoms with Crippen molar-refractivity contribution in [3.05, 3.63) is 64.2 Å². The first-order chi connectivity index (χ1) is 8.70. The summed E-state index contributed by atoms with van der Waals surface area (Å²) in [6.07, 6.45) is 2.17. The Morgan fingerprint density at radius 1 is 1.22 bits per heavy atom. The van der Waals surface area contributed by atoms with Crippen LogP contribution in [0, 0.1) is 16.2 Å². The van der Waals surface area contributed by atoms with Crippen molar-refractivity contribution < 1.29 is 4.92 Å². The summed E-state index contributed by atoms with van der Waals surface area (Å²) in [5.74, 6) is 0. The molecule has 0 amide bonds. The van der Waals surface area contributed by atoms with Gasteiger partial charge in [-0.25, -0.2) is 0 Å². The molecule has 1 radical (unpaired) electrons. The zero-order valence-corrected chi connectivity index (χ0v) is 10.2. The van der Waals surface area contributed by atoms with E-state index in [1.165, 1.54) is 11.6 Å². The first-order valence-corrected chi connectivity index (χ1v) is 5.96. The zero-order chi connectivity index (χ0) is 13.0. The van der Waals surface area contributed by atoms with Crippen LogP contribution in [0.5, 0.6) is 0 Å². The van der Waals surface area contributed by atoms with E-state index >= 15 is 0 Å². The Kier molecular flexibility index (Phi) is 3.72. The Balaban J connectivity index is 2.30. The van der Waals surface area contributed by atoms with Crippen molar-refractivity contribution in [1.82, 2.24) is 0 Å². The molecule has 0 heterocycles. The largest absolute Gasteiger partial charge is 0.270 e. The lowest BCUT2D eigenvalue weighted by Crippen LogP contribution is -1.88. The first-order valence-electron chi connectivity index (χ1n) is 5.96. The van der Waals surface area contributed by atoms with Gasteiger partial charge in [0.05, 0.1) is 4.92 Å². The standard InChI is InChI=1S/C15H14NO2/c1-2-4-12-7-9-13(10-8-12)14-5-3-6-15(11-14)16(17)18/h3,6-11H,2,4H2,1H3. The third-order valence-electron chi connectivity index (χ3n) is 2.80. The molecule has 2 aromatic rings. The topological polar surface area (TPSA) is 43.1 Å². The number of hydrogen-bond acceptors (Lipinski definition) is 2. The van der Waals surface area contributed by atoms with Gasteiger partial charge < -0.3 is 0 Å². The molecule has 2 aromatic carbocycles. The van der Waals surface area contributed by atoms with Crippen LogP contribution in [0.2, 0.25) is 0 Å². The van der Waals surface area contributed by atoms with E-state index in [-0.39, 0.29) is 10.6 Å². The first kappa shape index (κ1) is 12.3. The lowest BCUT2D eigenvalue weighted by Gasteiger charge is -2.03. The molecule has 0 bridgehead atoms. The van der Waals surface area contributed by atoms with Gasteiger partial charge >= 0.3 is 0 Å². The Morgan fingerprint density at radius 2 is 1.94 bits per heavy atom. The number of aryl methyl sites for hydroxylation is 1. The third-order valence-corrected chi connectivity index (χ3v) is 2.80. The van der Waals surface area contributed by atoms with E-state index in [0.717, 1.165) is 24.0 Å². The minimum absolute atomic E-state index is 0.0985. The van der Waals surface area contributed by atoms with Crippen LogP contribution in [0.3, 0.4) is 0 Å². The third kappa shape index (κ3) is 2.74. The van der Waals surface area contributed by atoms with Crippen LogP contribution in [-0.2, 0) is 6.42 Å². The van der Waals surface area contributed by atoms with E-state index in [4.69, 9.17) is 0 Å². The van der Waals surface area contributed by atoms with Gasteiger partial charge in [0.25, 0.3) is 5.69 Å². The van der Waals surface area contributed by atoms with Crippen molar-refractivity contribution in [2.24, 2.45) is 0 Å². The summed E-state index contributed by atoms with van der Waals surface area (Å²) in [5, 5.41) is 10.7. The van der Waals surface area contributed by atoms with E-state index in [9.17, 15) is 10.1 Å². The van der Waals surface area contributed by atoms with Crippen molar-refractivity contribution in [3.63, 3.8) is 0 Å². The van der Waals surface area contributed by atoms with E-state index in [1.807, 2.05) is 12.1 Å². The lowest BCUT2D eigenvalue weighted by atomic mass is 10.0. The number of benzene rings is 2. The van der Waals surface area contributed by atoms with Gasteiger partial charge in [0, 0.05) is 12.1 Å². The molecule has 0 saturated heterocycles. The number of hydrogen-bond donors (Lipinski definition) is 0. The molecule has 3 heteroatoms. The van der Waals surface area contributed by atoms with Gasteiger partial charge in [0.15, 0.2) is 0 Å². The fourth-order valence-electron chi connectivity index (χ4n) is 1.87. The van der Waals surface area contributed by atoms with Crippen LogP contribution in [0.1, 0.15) is 18.9 Å². The molecule has 0 saturated carbocycles. The molecule has 91 valence electrons. The summed E-state index contributed by atoms with van der Waals surface area (Å²) < 4.78 is 0. The predicted octanol–water partition coefficient (Wildman–Crippen LogP) is 4.01. The second-order valence-electron chi connectivity index (χ2n) is 4.16. The molecule has 0 N–H and O–H groups in total. The van der Waals surface area contributed by atoms with E-state index in [2.05, 4.69) is 25.1 Å². The van der Waals surface area contributed by atoms with Crippen LogP contribution < -0.4 is 0 Å². The lowest BCUT2D eigenvalue weighted by molar-refractivity contribution is -0.384. The van der Waals surface area contributed by atoms with Gasteiger partial charge in [0.2, 0.25) is 0 Å². The minimum atomic E-state index is -0.386. The highest BCUT2D eigenvalue weighted by Crippen LogP contribution is 2.23. The maximum absolute atomic E-state index is 10.7. The maximum atomic E-state index is 10.7. The molecule has 2 rings (SSSR count). The van der Waals surface area contributed by atoms with Crippen LogP contribution >= 0.6 is 0 Å². The minimum Gasteiger partial charge on any atom is -0.258 e. The molecule has 0 aliphatic heterocycles. The SMILES string of the molecule is CCCc1ccc(-c2[c]ccc([N+](=O)[O-])c2)cc1. The summed E-state index contributed by atoms with van der Waals surface area (Å²) in [5.41, 5.74) is 3.10. The maximum Gasteiger partial charge on any atom is 0.270 e. The molecule has 0 aliphatic rings. The summed E-state index contributed by atoms with van der Waals surface area (Å²) in [7, 11) is 0. The molecule has 0 atom stereocenters. The second kappa shape index (κ2) is 5.45. The summed E-state index contributed by atoms with van der Waals surface area (Å²) in [6.45, 7) is 2.14. The predicted molar refractivity (Wildman–Crippen MR) is 71.4 cm³/mol. The smallest absolute Gasteiger partial charge is 0.258 e. The summed E-state index contributed by atoms with van der Waals surface area (Å²) in [4.78, 5) is 10.3. The number of nitrogens with zero attached hydrogens (tertiary/aromatic N) is 1. The molecule has 3 nitrogen and oxygen atoms in total. The summed E-state index contributed by atoms with van der Waals surface area (Å²) >= 11 is 0. The van der Waals surface area contributed by atoms with Crippen molar-refractivity contribution >= 4 is 5.69 Å². The zero-order valence-electron chi connectivity index (χ0n) is 10.2. The van der Waals surface area contributed by atoms with Crippen molar-refractivity contribution in [1.29, 1.82) is 0 Å². The number of non-ortho nitro benzene ring substituents is 1. The highest BCUT2D eigenvalue weighted by Gasteiger charge is 2.07. The normalized spacial score (nSPS) is 10.3. The molecule has 0 aromatic heterocycles. The fourth-order valence-corrected chi connectivity index (χ4v) is 1.87. The average molecular weight is 240 g/mol. The number of nitro groups is 1. The van der Waals surface area contributed by atoms with E-state index in [1.54, 1.807) is 12.1 Å². The van der Waals surface area contributed by atoms with Gasteiger partial charge in [-0.3, -0.25) is 10.1 Å². The van der Waals surface area contributed by atoms with Crippen molar-refractivity contribution in [2.75, 3.05) is 0 Å². The molecule has 0 aliphatic carbocycles. The summed E-state index contributed by atoms with van der Waals surface area (Å²) in [6, 6.07) is 15.7. The molecular formula is C15H14NO2. The quantitative estimate of drug-likeness (QED) is 0.598. The molecule has 0 fully saturated rings. The highest BCUT2D eigenvalue weighted by atomic mass is 16.6. The van der Waals surface area contributed by atoms with Gasteiger partial charge in [-0.2, -0.15) is 0 Å². The number of nitro benzene ring substituents is 1. The Morgan fingerprint density at radius 3 is 2.56 bits per heavy atom. The number of rotatable bonds is 4. The Hall–Kier alpha value is -2.16. The van der Waals surface area contributed by atoms with Crippen molar-refractivity contribution in [3.8, 4) is 11.1 Å². The highest BCUT2D eigenvalue weighted by molar-refractivity contribution is 5.65. The van der Waals surface area contributed by atoms with Crippen LogP contribution in [0.25, 0.3) is 11.1 Å². The molecule has 18 heavy (non-hydrogen) atoms. The molecular weight excluding hydrogens is 226 g/mol. The van der Waals surface area contributed by atoms with Crippen LogP contribution in [0.15, 0.2) is 42.5 Å². The van der Waals surface area contributed by atoms with Gasteiger partial charge in [0.1, 0.15) is 0 Å². The molecule has 0 unspecified atom stereocenters. The van der Waals surface area contributed by atoms with Crippen LogP contribution in [0.4, 0.5) is 5.69 Å². The van der Waals surface area contributed by atoms with E-state index in [0.29, 0.717) is 0 Å².